The van der Waals surface area contributed by atoms with E-state index in [9.17, 15) is 19.2 Å². The van der Waals surface area contributed by atoms with E-state index in [1.54, 1.807) is 84.9 Å². The maximum atomic E-state index is 13.1. The third-order valence-electron chi connectivity index (χ3n) is 12.1. The smallest absolute Gasteiger partial charge is 0.343 e. The second kappa shape index (κ2) is 29.7. The van der Waals surface area contributed by atoms with Gasteiger partial charge in [-0.25, -0.2) is 19.2 Å². The van der Waals surface area contributed by atoms with Gasteiger partial charge in [-0.2, -0.15) is 0 Å². The molecule has 10 heteroatoms. The third kappa shape index (κ3) is 18.6. The summed E-state index contributed by atoms with van der Waals surface area (Å²) in [4.78, 5) is 51.9. The van der Waals surface area contributed by atoms with E-state index in [0.717, 1.165) is 37.5 Å². The maximum absolute atomic E-state index is 13.1. The van der Waals surface area contributed by atoms with Gasteiger partial charge >= 0.3 is 23.9 Å². The molecule has 0 saturated carbocycles. The summed E-state index contributed by atoms with van der Waals surface area (Å²) in [6.45, 7) is 7.28. The maximum Gasteiger partial charge on any atom is 0.343 e. The monoisotopic (exact) mass is 960 g/mol. The van der Waals surface area contributed by atoms with Crippen LogP contribution in [-0.4, -0.2) is 37.1 Å². The van der Waals surface area contributed by atoms with Crippen molar-refractivity contribution >= 4 is 34.6 Å². The number of fused-ring (bicyclic) bond motifs is 1. The number of unbranched alkanes of at least 4 members (excludes halogenated alkanes) is 16. The fourth-order valence-corrected chi connectivity index (χ4v) is 7.93. The van der Waals surface area contributed by atoms with Crippen LogP contribution in [0, 0.1) is 0 Å². The largest absolute Gasteiger partial charge is 0.494 e. The van der Waals surface area contributed by atoms with Crippen LogP contribution in [0.4, 0.5) is 0 Å². The van der Waals surface area contributed by atoms with Crippen LogP contribution in [0.15, 0.2) is 146 Å². The van der Waals surface area contributed by atoms with E-state index in [4.69, 9.17) is 28.4 Å². The molecule has 0 aromatic heterocycles. The molecule has 0 aliphatic rings. The van der Waals surface area contributed by atoms with Gasteiger partial charge in [0.25, 0.3) is 0 Å². The molecule has 0 unspecified atom stereocenters. The number of esters is 4. The molecule has 0 fully saturated rings. The van der Waals surface area contributed by atoms with Crippen LogP contribution < -0.4 is 28.4 Å². The minimum absolute atomic E-state index is 0.257. The van der Waals surface area contributed by atoms with Gasteiger partial charge in [-0.1, -0.05) is 115 Å². The number of carbonyl (C=O) groups excluding carboxylic acids is 4. The van der Waals surface area contributed by atoms with Crippen LogP contribution in [0.3, 0.4) is 0 Å². The molecule has 6 aromatic carbocycles. The Morgan fingerprint density at radius 1 is 0.352 bits per heavy atom. The fraction of sp³-hybridized carbons (Fsp3) is 0.344. The number of hydrogen-bond donors (Lipinski definition) is 0. The molecule has 372 valence electrons. The van der Waals surface area contributed by atoms with Crippen LogP contribution >= 0.6 is 0 Å². The van der Waals surface area contributed by atoms with Gasteiger partial charge in [-0.3, -0.25) is 0 Å². The van der Waals surface area contributed by atoms with Crippen molar-refractivity contribution in [1.29, 1.82) is 0 Å². The van der Waals surface area contributed by atoms with Gasteiger partial charge in [-0.15, -0.1) is 6.58 Å². The SMILES string of the molecule is C=CCCCCCCCCCOc1ccc(C(=O)Oc2ccc(C(=O)Oc3ccc4ccc(OC(=O)c5ccc(OC(=O)c6ccc(OCCCCCCCCCCCC)cc6)cc5)cc4c3)cc2)cc1. The summed E-state index contributed by atoms with van der Waals surface area (Å²) in [5, 5.41) is 1.51. The molecule has 0 aliphatic heterocycles. The molecule has 0 aliphatic carbocycles. The molecule has 71 heavy (non-hydrogen) atoms. The molecule has 0 N–H and O–H groups in total. The van der Waals surface area contributed by atoms with Crippen molar-refractivity contribution < 1.29 is 47.6 Å². The Labute approximate surface area is 419 Å². The van der Waals surface area contributed by atoms with Crippen molar-refractivity contribution in [2.24, 2.45) is 0 Å². The lowest BCUT2D eigenvalue weighted by atomic mass is 10.1. The highest BCUT2D eigenvalue weighted by molar-refractivity contribution is 5.95. The highest BCUT2D eigenvalue weighted by atomic mass is 16.5. The van der Waals surface area contributed by atoms with Gasteiger partial charge < -0.3 is 28.4 Å². The van der Waals surface area contributed by atoms with Crippen molar-refractivity contribution in [3.8, 4) is 34.5 Å². The summed E-state index contributed by atoms with van der Waals surface area (Å²) in [6, 6.07) is 36.2. The Bertz CT molecular complexity index is 2580. The Kier molecular flexibility index (Phi) is 22.3. The minimum Gasteiger partial charge on any atom is -0.494 e. The highest BCUT2D eigenvalue weighted by Crippen LogP contribution is 2.28. The molecular weight excluding hydrogens is 893 g/mol. The third-order valence-corrected chi connectivity index (χ3v) is 12.1. The van der Waals surface area contributed by atoms with E-state index in [1.165, 1.54) is 132 Å². The highest BCUT2D eigenvalue weighted by Gasteiger charge is 2.15. The second-order valence-electron chi connectivity index (χ2n) is 17.8. The Morgan fingerprint density at radius 2 is 0.648 bits per heavy atom. The predicted molar refractivity (Wildman–Crippen MR) is 280 cm³/mol. The zero-order valence-electron chi connectivity index (χ0n) is 41.2. The molecule has 0 atom stereocenters. The fourth-order valence-electron chi connectivity index (χ4n) is 7.93. The molecule has 6 aromatic rings. The second-order valence-corrected chi connectivity index (χ2v) is 17.8. The van der Waals surface area contributed by atoms with Crippen molar-refractivity contribution in [2.75, 3.05) is 13.2 Å². The normalized spacial score (nSPS) is 10.9. The molecular formula is C61H68O10. The molecule has 0 saturated heterocycles. The summed E-state index contributed by atoms with van der Waals surface area (Å²) in [5.74, 6) is 0.261. The lowest BCUT2D eigenvalue weighted by Crippen LogP contribution is -2.10. The minimum atomic E-state index is -0.605. The molecule has 0 radical (unpaired) electrons. The van der Waals surface area contributed by atoms with Crippen LogP contribution in [0.25, 0.3) is 10.8 Å². The standard InChI is InChI=1S/C61H68O10/c1-3-5-7-9-11-13-15-17-19-21-43-67-53-34-26-48(27-35-53)59(63)69-55-38-30-50(31-39-55)61(65)71-57-41-23-46-22-40-56(44-51(46)45-57)70-60(64)49-28-36-54(37-29-49)68-58(62)47-24-32-52(33-25-47)66-42-20-18-16-14-12-10-8-6-4-2/h4,22-41,44-45H,2-3,5-21,42-43H2,1H3. The van der Waals surface area contributed by atoms with Gasteiger partial charge in [0.1, 0.15) is 34.5 Å². The number of carbonyl (C=O) groups is 4. The van der Waals surface area contributed by atoms with Crippen molar-refractivity contribution in [2.45, 2.75) is 122 Å². The molecule has 0 amide bonds. The Hall–Kier alpha value is -7.20. The van der Waals surface area contributed by atoms with Gasteiger partial charge in [0.2, 0.25) is 0 Å². The number of ether oxygens (including phenoxy) is 6. The van der Waals surface area contributed by atoms with Gasteiger partial charge in [-0.05, 0) is 158 Å². The summed E-state index contributed by atoms with van der Waals surface area (Å²) in [6.07, 6.45) is 24.0. The average Bonchev–Trinajstić information content (AvgIpc) is 3.39. The van der Waals surface area contributed by atoms with Crippen LogP contribution in [0.5, 0.6) is 34.5 Å². The summed E-state index contributed by atoms with van der Waals surface area (Å²) in [5.41, 5.74) is 1.27. The van der Waals surface area contributed by atoms with Crippen molar-refractivity contribution in [3.63, 3.8) is 0 Å². The topological polar surface area (TPSA) is 124 Å². The predicted octanol–water partition coefficient (Wildman–Crippen LogP) is 15.7. The van der Waals surface area contributed by atoms with Gasteiger partial charge in [0.15, 0.2) is 0 Å². The van der Waals surface area contributed by atoms with E-state index in [1.807, 2.05) is 6.08 Å². The first-order chi connectivity index (χ1) is 34.8. The Morgan fingerprint density at radius 3 is 1.00 bits per heavy atom. The van der Waals surface area contributed by atoms with E-state index in [0.29, 0.717) is 41.2 Å². The van der Waals surface area contributed by atoms with Crippen molar-refractivity contribution in [1.82, 2.24) is 0 Å². The van der Waals surface area contributed by atoms with Crippen molar-refractivity contribution in [3.05, 3.63) is 168 Å². The van der Waals surface area contributed by atoms with E-state index in [2.05, 4.69) is 13.5 Å². The number of benzene rings is 6. The molecule has 6 rings (SSSR count). The number of hydrogen-bond acceptors (Lipinski definition) is 10. The molecule has 0 bridgehead atoms. The first-order valence-electron chi connectivity index (χ1n) is 25.5. The summed E-state index contributed by atoms with van der Waals surface area (Å²) in [7, 11) is 0. The zero-order valence-corrected chi connectivity index (χ0v) is 41.2. The summed E-state index contributed by atoms with van der Waals surface area (Å²) < 4.78 is 34.2. The zero-order chi connectivity index (χ0) is 49.9. The quantitative estimate of drug-likeness (QED) is 0.0180. The lowest BCUT2D eigenvalue weighted by Gasteiger charge is -2.10. The molecule has 0 spiro atoms. The number of allylic oxidation sites excluding steroid dienone is 1. The lowest BCUT2D eigenvalue weighted by molar-refractivity contribution is 0.0720. The summed E-state index contributed by atoms with van der Waals surface area (Å²) >= 11 is 0. The van der Waals surface area contributed by atoms with E-state index >= 15 is 0 Å². The van der Waals surface area contributed by atoms with Crippen LogP contribution in [0.1, 0.15) is 164 Å². The van der Waals surface area contributed by atoms with E-state index in [-0.39, 0.29) is 34.1 Å². The van der Waals surface area contributed by atoms with E-state index < -0.39 is 23.9 Å². The van der Waals surface area contributed by atoms with Gasteiger partial charge in [0, 0.05) is 0 Å². The van der Waals surface area contributed by atoms with Crippen LogP contribution in [-0.2, 0) is 0 Å². The number of rotatable bonds is 31. The molecule has 0 heterocycles. The first kappa shape index (κ1) is 53.2. The van der Waals surface area contributed by atoms with Crippen LogP contribution in [0.2, 0.25) is 0 Å². The molecule has 10 nitrogen and oxygen atoms in total. The first-order valence-corrected chi connectivity index (χ1v) is 25.5. The average molecular weight is 961 g/mol. The Balaban J connectivity index is 0.896. The van der Waals surface area contributed by atoms with Gasteiger partial charge in [0.05, 0.1) is 35.5 Å².